The first-order chi connectivity index (χ1) is 10.8. The Morgan fingerprint density at radius 3 is 2.70 bits per heavy atom. The molecular weight excluding hydrogens is 300 g/mol. The summed E-state index contributed by atoms with van der Waals surface area (Å²) in [7, 11) is 0. The highest BCUT2D eigenvalue weighted by molar-refractivity contribution is 5.90. The van der Waals surface area contributed by atoms with Gasteiger partial charge >= 0.3 is 6.09 Å². The van der Waals surface area contributed by atoms with Gasteiger partial charge in [0.2, 0.25) is 11.8 Å². The minimum Gasteiger partial charge on any atom is -0.444 e. The second-order valence-electron chi connectivity index (χ2n) is 6.93. The Kier molecular flexibility index (Phi) is 5.46. The van der Waals surface area contributed by atoms with E-state index < -0.39 is 23.8 Å². The van der Waals surface area contributed by atoms with Crippen molar-refractivity contribution >= 4 is 17.9 Å². The van der Waals surface area contributed by atoms with E-state index in [0.29, 0.717) is 26.1 Å². The molecule has 130 valence electrons. The molecule has 3 amide bonds. The minimum absolute atomic E-state index is 0.149. The quantitative estimate of drug-likeness (QED) is 0.641. The third-order valence-corrected chi connectivity index (χ3v) is 3.75. The van der Waals surface area contributed by atoms with Crippen LogP contribution < -0.4 is 16.0 Å². The molecule has 3 N–H and O–H groups in total. The Morgan fingerprint density at radius 1 is 1.30 bits per heavy atom. The smallest absolute Gasteiger partial charge is 0.410 e. The minimum atomic E-state index is -0.570. The van der Waals surface area contributed by atoms with Gasteiger partial charge in [-0.05, 0) is 33.6 Å². The van der Waals surface area contributed by atoms with Gasteiger partial charge in [-0.25, -0.2) is 4.79 Å². The summed E-state index contributed by atoms with van der Waals surface area (Å²) in [4.78, 5) is 37.7. The van der Waals surface area contributed by atoms with Crippen molar-refractivity contribution in [3.63, 3.8) is 0 Å². The van der Waals surface area contributed by atoms with Gasteiger partial charge in [-0.3, -0.25) is 9.59 Å². The average molecular weight is 326 g/mol. The fraction of sp³-hybridized carbons (Fsp3) is 0.800. The zero-order valence-electron chi connectivity index (χ0n) is 14.0. The Morgan fingerprint density at radius 2 is 2.04 bits per heavy atom. The van der Waals surface area contributed by atoms with E-state index in [0.717, 1.165) is 6.42 Å². The van der Waals surface area contributed by atoms with E-state index in [2.05, 4.69) is 16.0 Å². The van der Waals surface area contributed by atoms with Gasteiger partial charge in [-0.1, -0.05) is 0 Å². The van der Waals surface area contributed by atoms with E-state index in [4.69, 9.17) is 4.74 Å². The van der Waals surface area contributed by atoms with E-state index in [9.17, 15) is 14.4 Å². The van der Waals surface area contributed by atoms with E-state index in [-0.39, 0.29) is 18.4 Å². The summed E-state index contributed by atoms with van der Waals surface area (Å²) in [5, 5.41) is 8.57. The first-order valence-corrected chi connectivity index (χ1v) is 8.05. The van der Waals surface area contributed by atoms with Gasteiger partial charge in [0.25, 0.3) is 0 Å². The zero-order chi connectivity index (χ0) is 17.0. The van der Waals surface area contributed by atoms with Crippen molar-refractivity contribution in [1.82, 2.24) is 20.9 Å². The van der Waals surface area contributed by atoms with Crippen molar-refractivity contribution in [3.05, 3.63) is 0 Å². The maximum Gasteiger partial charge on any atom is 0.410 e. The van der Waals surface area contributed by atoms with Crippen molar-refractivity contribution in [2.45, 2.75) is 51.3 Å². The molecular formula is C15H26N4O4. The molecule has 2 heterocycles. The van der Waals surface area contributed by atoms with Crippen LogP contribution in [0.25, 0.3) is 0 Å². The Bertz CT molecular complexity index is 475. The largest absolute Gasteiger partial charge is 0.444 e. The van der Waals surface area contributed by atoms with Crippen LogP contribution in [0.5, 0.6) is 0 Å². The molecule has 8 nitrogen and oxygen atoms in total. The average Bonchev–Trinajstić information content (AvgIpc) is 2.48. The molecule has 2 rings (SSSR count). The van der Waals surface area contributed by atoms with Gasteiger partial charge in [0.15, 0.2) is 0 Å². The molecule has 23 heavy (non-hydrogen) atoms. The predicted octanol–water partition coefficient (Wildman–Crippen LogP) is -0.410. The van der Waals surface area contributed by atoms with Crippen molar-refractivity contribution in [2.24, 2.45) is 0 Å². The molecule has 1 unspecified atom stereocenters. The highest BCUT2D eigenvalue weighted by Gasteiger charge is 2.33. The molecule has 0 saturated carbocycles. The van der Waals surface area contributed by atoms with Crippen LogP contribution in [0, 0.1) is 0 Å². The molecule has 8 heteroatoms. The van der Waals surface area contributed by atoms with Gasteiger partial charge < -0.3 is 25.6 Å². The van der Waals surface area contributed by atoms with Crippen molar-refractivity contribution in [2.75, 3.05) is 26.2 Å². The number of nitrogens with one attached hydrogen (secondary N) is 3. The number of hydrogen-bond donors (Lipinski definition) is 3. The lowest BCUT2D eigenvalue weighted by Gasteiger charge is -2.35. The summed E-state index contributed by atoms with van der Waals surface area (Å²) >= 11 is 0. The number of piperazine rings is 1. The summed E-state index contributed by atoms with van der Waals surface area (Å²) in [6.45, 7) is 7.29. The lowest BCUT2D eigenvalue weighted by molar-refractivity contribution is -0.131. The SMILES string of the molecule is CC(C)(C)OC(=O)N1CCNC(C(=O)N[C@H]2CCCNC2=O)C1. The summed E-state index contributed by atoms with van der Waals surface area (Å²) < 4.78 is 5.34. The lowest BCUT2D eigenvalue weighted by Crippen LogP contribution is -2.61. The number of rotatable bonds is 2. The van der Waals surface area contributed by atoms with Crippen molar-refractivity contribution in [3.8, 4) is 0 Å². The van der Waals surface area contributed by atoms with Crippen molar-refractivity contribution < 1.29 is 19.1 Å². The van der Waals surface area contributed by atoms with E-state index in [1.54, 1.807) is 20.8 Å². The number of amides is 3. The second kappa shape index (κ2) is 7.16. The van der Waals surface area contributed by atoms with E-state index in [1.807, 2.05) is 0 Å². The summed E-state index contributed by atoms with van der Waals surface area (Å²) in [6.07, 6.45) is 1.06. The lowest BCUT2D eigenvalue weighted by atomic mass is 10.1. The summed E-state index contributed by atoms with van der Waals surface area (Å²) in [5.41, 5.74) is -0.570. The maximum absolute atomic E-state index is 12.3. The van der Waals surface area contributed by atoms with Gasteiger partial charge in [0.05, 0.1) is 0 Å². The highest BCUT2D eigenvalue weighted by Crippen LogP contribution is 2.12. The molecule has 2 saturated heterocycles. The molecule has 2 aliphatic rings. The number of ether oxygens (including phenoxy) is 1. The standard InChI is InChI=1S/C15H26N4O4/c1-15(2,3)23-14(22)19-8-7-16-11(9-19)13(21)18-10-5-4-6-17-12(10)20/h10-11,16H,4-9H2,1-3H3,(H,17,20)(H,18,21)/t10-,11?/m0/s1. The van der Waals surface area contributed by atoms with Crippen LogP contribution in [0.3, 0.4) is 0 Å². The van der Waals surface area contributed by atoms with Gasteiger partial charge in [0, 0.05) is 26.2 Å². The fourth-order valence-corrected chi connectivity index (χ4v) is 2.60. The molecule has 0 aromatic rings. The molecule has 0 aromatic carbocycles. The van der Waals surface area contributed by atoms with Gasteiger partial charge in [0.1, 0.15) is 17.7 Å². The molecule has 2 fully saturated rings. The summed E-state index contributed by atoms with van der Waals surface area (Å²) in [5.74, 6) is -0.412. The normalized spacial score (nSPS) is 25.5. The van der Waals surface area contributed by atoms with E-state index in [1.165, 1.54) is 4.90 Å². The Hall–Kier alpha value is -1.83. The topological polar surface area (TPSA) is 99.8 Å². The fourth-order valence-electron chi connectivity index (χ4n) is 2.60. The Balaban J connectivity index is 1.88. The van der Waals surface area contributed by atoms with Gasteiger partial charge in [-0.15, -0.1) is 0 Å². The molecule has 0 aromatic heterocycles. The summed E-state index contributed by atoms with van der Waals surface area (Å²) in [6, 6.07) is -1.03. The third kappa shape index (κ3) is 5.09. The van der Waals surface area contributed by atoms with Gasteiger partial charge in [-0.2, -0.15) is 0 Å². The van der Waals surface area contributed by atoms with Crippen LogP contribution in [-0.4, -0.2) is 66.7 Å². The number of hydrogen-bond acceptors (Lipinski definition) is 5. The number of piperidine rings is 1. The van der Waals surface area contributed by atoms with Crippen LogP contribution in [0.4, 0.5) is 4.79 Å². The van der Waals surface area contributed by atoms with Crippen molar-refractivity contribution in [1.29, 1.82) is 0 Å². The molecule has 0 bridgehead atoms. The predicted molar refractivity (Wildman–Crippen MR) is 83.8 cm³/mol. The molecule has 2 atom stereocenters. The first kappa shape index (κ1) is 17.5. The number of carbonyl (C=O) groups is 3. The van der Waals surface area contributed by atoms with Crippen LogP contribution in [0.1, 0.15) is 33.6 Å². The molecule has 0 spiro atoms. The van der Waals surface area contributed by atoms with Crippen LogP contribution in [-0.2, 0) is 14.3 Å². The third-order valence-electron chi connectivity index (χ3n) is 3.75. The number of nitrogens with zero attached hydrogens (tertiary/aromatic N) is 1. The van der Waals surface area contributed by atoms with Crippen LogP contribution >= 0.6 is 0 Å². The molecule has 2 aliphatic heterocycles. The molecule has 0 radical (unpaired) electrons. The number of carbonyl (C=O) groups excluding carboxylic acids is 3. The second-order valence-corrected chi connectivity index (χ2v) is 6.93. The monoisotopic (exact) mass is 326 g/mol. The van der Waals surface area contributed by atoms with Crippen LogP contribution in [0.15, 0.2) is 0 Å². The Labute approximate surface area is 136 Å². The zero-order valence-corrected chi connectivity index (χ0v) is 14.0. The molecule has 0 aliphatic carbocycles. The van der Waals surface area contributed by atoms with Crippen LogP contribution in [0.2, 0.25) is 0 Å². The maximum atomic E-state index is 12.3. The van der Waals surface area contributed by atoms with E-state index >= 15 is 0 Å². The first-order valence-electron chi connectivity index (χ1n) is 8.05. The highest BCUT2D eigenvalue weighted by atomic mass is 16.6.